The predicted octanol–water partition coefficient (Wildman–Crippen LogP) is 6.27. The summed E-state index contributed by atoms with van der Waals surface area (Å²) in [5.41, 5.74) is 4.27. The number of halogens is 8. The molecule has 42 heavy (non-hydrogen) atoms. The zero-order valence-corrected chi connectivity index (χ0v) is 23.1. The zero-order valence-electron chi connectivity index (χ0n) is 23.1. The number of hydrogen-bond acceptors (Lipinski definition) is 5. The SMILES string of the molecule is CCN.CCN=Cc1c(F)cc(F)cc1F.CCO.Cn1ncc2c(F)cc(F)cc21.O=Cc1c(F)cc(F)cc1F. The van der Waals surface area contributed by atoms with E-state index in [0.29, 0.717) is 41.7 Å². The van der Waals surface area contributed by atoms with Gasteiger partial charge in [0, 0.05) is 56.7 Å². The zero-order chi connectivity index (χ0) is 32.4. The van der Waals surface area contributed by atoms with Crippen molar-refractivity contribution in [3.05, 3.63) is 100 Å². The molecule has 0 fully saturated rings. The van der Waals surface area contributed by atoms with Gasteiger partial charge in [0.25, 0.3) is 0 Å². The molecule has 1 heterocycles. The number of carbonyl (C=O) groups is 1. The molecule has 0 amide bonds. The molecule has 6 nitrogen and oxygen atoms in total. The maximum absolute atomic E-state index is 13.0. The fraction of sp³-hybridized carbons (Fsp3) is 0.250. The van der Waals surface area contributed by atoms with Gasteiger partial charge in [-0.05, 0) is 26.5 Å². The number of nitrogens with two attached hydrogens (primary N) is 1. The van der Waals surface area contributed by atoms with Crippen LogP contribution in [0, 0.1) is 46.5 Å². The minimum absolute atomic E-state index is 0.00407. The average Bonchev–Trinajstić information content (AvgIpc) is 3.26. The van der Waals surface area contributed by atoms with Crippen molar-refractivity contribution >= 4 is 23.4 Å². The molecule has 0 aliphatic rings. The fourth-order valence-corrected chi connectivity index (χ4v) is 2.70. The average molecular weight is 607 g/mol. The number of rotatable bonds is 3. The highest BCUT2D eigenvalue weighted by Gasteiger charge is 2.10. The monoisotopic (exact) mass is 606 g/mol. The number of aryl methyl sites for hydroxylation is 1. The van der Waals surface area contributed by atoms with Crippen molar-refractivity contribution in [2.45, 2.75) is 20.8 Å². The van der Waals surface area contributed by atoms with Crippen molar-refractivity contribution in [1.29, 1.82) is 0 Å². The van der Waals surface area contributed by atoms with Crippen LogP contribution in [0.1, 0.15) is 36.7 Å². The molecular formula is C28H30F8N4O2. The fourth-order valence-electron chi connectivity index (χ4n) is 2.70. The van der Waals surface area contributed by atoms with Crippen molar-refractivity contribution in [1.82, 2.24) is 9.78 Å². The van der Waals surface area contributed by atoms with Gasteiger partial charge >= 0.3 is 0 Å². The number of aldehydes is 1. The van der Waals surface area contributed by atoms with Gasteiger partial charge in [0.05, 0.1) is 28.2 Å². The van der Waals surface area contributed by atoms with E-state index in [9.17, 15) is 39.9 Å². The van der Waals surface area contributed by atoms with Gasteiger partial charge in [-0.2, -0.15) is 5.10 Å². The predicted molar refractivity (Wildman–Crippen MR) is 144 cm³/mol. The van der Waals surface area contributed by atoms with Crippen molar-refractivity contribution in [3.8, 4) is 0 Å². The Morgan fingerprint density at radius 1 is 0.786 bits per heavy atom. The number of hydrogen-bond donors (Lipinski definition) is 2. The Kier molecular flexibility index (Phi) is 17.9. The van der Waals surface area contributed by atoms with E-state index in [1.165, 1.54) is 16.9 Å². The lowest BCUT2D eigenvalue weighted by atomic mass is 10.2. The third kappa shape index (κ3) is 12.6. The molecule has 3 aromatic carbocycles. The third-order valence-electron chi connectivity index (χ3n) is 4.39. The van der Waals surface area contributed by atoms with Gasteiger partial charge in [-0.25, -0.2) is 35.1 Å². The van der Waals surface area contributed by atoms with Gasteiger partial charge in [0.1, 0.15) is 46.5 Å². The van der Waals surface area contributed by atoms with E-state index in [2.05, 4.69) is 10.1 Å². The highest BCUT2D eigenvalue weighted by Crippen LogP contribution is 2.18. The molecule has 230 valence electrons. The summed E-state index contributed by atoms with van der Waals surface area (Å²) in [6.07, 6.45) is 2.44. The van der Waals surface area contributed by atoms with Gasteiger partial charge in [-0.1, -0.05) is 6.92 Å². The van der Waals surface area contributed by atoms with Crippen molar-refractivity contribution in [2.24, 2.45) is 17.8 Å². The summed E-state index contributed by atoms with van der Waals surface area (Å²) >= 11 is 0. The maximum atomic E-state index is 13.0. The topological polar surface area (TPSA) is 93.5 Å². The third-order valence-corrected chi connectivity index (χ3v) is 4.39. The van der Waals surface area contributed by atoms with Crippen LogP contribution in [-0.4, -0.2) is 47.1 Å². The first kappa shape index (κ1) is 37.8. The highest BCUT2D eigenvalue weighted by molar-refractivity contribution is 5.80. The van der Waals surface area contributed by atoms with Gasteiger partial charge in [-0.15, -0.1) is 0 Å². The summed E-state index contributed by atoms with van der Waals surface area (Å²) < 4.78 is 102. The number of aliphatic hydroxyl groups is 1. The van der Waals surface area contributed by atoms with E-state index in [4.69, 9.17) is 10.8 Å². The number of carbonyl (C=O) groups excluding carboxylic acids is 1. The van der Waals surface area contributed by atoms with Crippen molar-refractivity contribution in [2.75, 3.05) is 19.7 Å². The summed E-state index contributed by atoms with van der Waals surface area (Å²) in [6, 6.07) is 4.26. The van der Waals surface area contributed by atoms with Gasteiger partial charge in [0.2, 0.25) is 0 Å². The highest BCUT2D eigenvalue weighted by atomic mass is 19.2. The van der Waals surface area contributed by atoms with Crippen LogP contribution in [0.25, 0.3) is 10.9 Å². The number of nitrogens with zero attached hydrogens (tertiary/aromatic N) is 3. The van der Waals surface area contributed by atoms with E-state index < -0.39 is 52.1 Å². The van der Waals surface area contributed by atoms with E-state index >= 15 is 0 Å². The molecule has 1 aromatic heterocycles. The summed E-state index contributed by atoms with van der Waals surface area (Å²) in [4.78, 5) is 13.6. The molecule has 4 rings (SSSR count). The van der Waals surface area contributed by atoms with Crippen LogP contribution < -0.4 is 5.73 Å². The summed E-state index contributed by atoms with van der Waals surface area (Å²) in [7, 11) is 1.64. The molecule has 0 aliphatic heterocycles. The van der Waals surface area contributed by atoms with Crippen LogP contribution in [0.15, 0.2) is 47.6 Å². The van der Waals surface area contributed by atoms with Crippen LogP contribution in [-0.2, 0) is 7.05 Å². The first-order valence-corrected chi connectivity index (χ1v) is 12.1. The molecule has 4 aromatic rings. The van der Waals surface area contributed by atoms with E-state index in [-0.39, 0.29) is 18.5 Å². The first-order valence-electron chi connectivity index (χ1n) is 12.1. The first-order chi connectivity index (χ1) is 19.8. The number of benzene rings is 3. The second-order valence-electron chi connectivity index (χ2n) is 7.63. The Hall–Kier alpha value is -4.17. The van der Waals surface area contributed by atoms with Crippen LogP contribution in [0.5, 0.6) is 0 Å². The molecule has 0 saturated heterocycles. The standard InChI is InChI=1S/C9H8F3N.C8H6F2N2.C7H3F3O.C2H7N.C2H6O/c1-2-13-5-7-8(11)3-6(10)4-9(7)12;1-12-8-3-5(9)2-7(10)6(8)4-11-12;8-4-1-6(9)5(3-11)7(10)2-4;2*1-2-3/h3-5H,2H2,1H3;2-4H,1H3;1-3H;2-3H2,1H3;3H,2H2,1H3. The lowest BCUT2D eigenvalue weighted by Gasteiger charge is -1.98. The van der Waals surface area contributed by atoms with Gasteiger partial charge < -0.3 is 10.8 Å². The summed E-state index contributed by atoms with van der Waals surface area (Å²) in [5.74, 6) is -7.35. The molecule has 0 atom stereocenters. The Morgan fingerprint density at radius 3 is 1.57 bits per heavy atom. The molecule has 0 aliphatic carbocycles. The second-order valence-corrected chi connectivity index (χ2v) is 7.63. The van der Waals surface area contributed by atoms with E-state index in [1.807, 2.05) is 6.92 Å². The van der Waals surface area contributed by atoms with E-state index in [1.54, 1.807) is 20.9 Å². The Morgan fingerprint density at radius 2 is 1.17 bits per heavy atom. The van der Waals surface area contributed by atoms with Crippen LogP contribution >= 0.6 is 0 Å². The maximum Gasteiger partial charge on any atom is 0.155 e. The van der Waals surface area contributed by atoms with Gasteiger partial charge in [0.15, 0.2) is 6.29 Å². The molecule has 0 bridgehead atoms. The molecule has 0 unspecified atom stereocenters. The molecule has 3 N–H and O–H groups in total. The molecule has 14 heteroatoms. The van der Waals surface area contributed by atoms with Crippen LogP contribution in [0.2, 0.25) is 0 Å². The summed E-state index contributed by atoms with van der Waals surface area (Å²) in [6.45, 7) is 6.74. The molecule has 0 saturated carbocycles. The minimum Gasteiger partial charge on any atom is -0.397 e. The molecular weight excluding hydrogens is 576 g/mol. The van der Waals surface area contributed by atoms with Crippen molar-refractivity contribution < 1.29 is 45.0 Å². The lowest BCUT2D eigenvalue weighted by Crippen LogP contribution is -1.96. The quantitative estimate of drug-likeness (QED) is 0.163. The van der Waals surface area contributed by atoms with Gasteiger partial charge in [-0.3, -0.25) is 14.5 Å². The van der Waals surface area contributed by atoms with Crippen LogP contribution in [0.4, 0.5) is 35.1 Å². The summed E-state index contributed by atoms with van der Waals surface area (Å²) in [5, 5.41) is 11.7. The molecule has 0 radical (unpaired) electrons. The lowest BCUT2D eigenvalue weighted by molar-refractivity contribution is 0.111. The van der Waals surface area contributed by atoms with Crippen LogP contribution in [0.3, 0.4) is 0 Å². The number of aromatic nitrogens is 2. The second kappa shape index (κ2) is 19.8. The number of fused-ring (bicyclic) bond motifs is 1. The minimum atomic E-state index is -1.18. The van der Waals surface area contributed by atoms with Crippen molar-refractivity contribution in [3.63, 3.8) is 0 Å². The Balaban J connectivity index is 0.000000549. The number of aliphatic hydroxyl groups excluding tert-OH is 1. The molecule has 0 spiro atoms. The Bertz CT molecular complexity index is 1400. The Labute approximate surface area is 237 Å². The largest absolute Gasteiger partial charge is 0.397 e. The number of aliphatic imine (C=N–C) groups is 1. The normalized spacial score (nSPS) is 9.95. The van der Waals surface area contributed by atoms with E-state index in [0.717, 1.165) is 18.8 Å². The smallest absolute Gasteiger partial charge is 0.155 e.